The first-order valence-electron chi connectivity index (χ1n) is 4.38. The average Bonchev–Trinajstić information content (AvgIpc) is 2.67. The Morgan fingerprint density at radius 3 is 2.71 bits per heavy atom. The maximum absolute atomic E-state index is 13.2. The van der Waals surface area contributed by atoms with E-state index in [2.05, 4.69) is 9.68 Å². The van der Waals surface area contributed by atoms with E-state index in [-0.39, 0.29) is 17.0 Å². The topological polar surface area (TPSA) is 115 Å². The summed E-state index contributed by atoms with van der Waals surface area (Å²) in [5.41, 5.74) is 4.58. The summed E-state index contributed by atoms with van der Waals surface area (Å²) in [5, 5.41) is 23.6. The molecule has 2 rings (SSSR count). The van der Waals surface area contributed by atoms with Gasteiger partial charge in [-0.3, -0.25) is 10.1 Å². The van der Waals surface area contributed by atoms with Gasteiger partial charge in [0.1, 0.15) is 5.82 Å². The number of aromatic nitrogens is 1. The number of nitrogens with two attached hydrogens (primary N) is 1. The van der Waals surface area contributed by atoms with Crippen molar-refractivity contribution < 1.29 is 18.9 Å². The van der Waals surface area contributed by atoms with Crippen molar-refractivity contribution in [1.29, 1.82) is 0 Å². The number of hydrogen-bond acceptors (Lipinski definition) is 6. The molecular weight excluding hydrogens is 233 g/mol. The lowest BCUT2D eigenvalue weighted by Crippen LogP contribution is -1.93. The highest BCUT2D eigenvalue weighted by atomic mass is 19.1. The standard InChI is InChI=1S/C9H6FN3O4/c10-4-1-5(6-3-12-17-9(6)11)8(14)7(2-4)13(15)16/h1-3,14H,11H2. The molecule has 0 aliphatic heterocycles. The molecule has 0 amide bonds. The van der Waals surface area contributed by atoms with Gasteiger partial charge in [-0.05, 0) is 6.07 Å². The van der Waals surface area contributed by atoms with Gasteiger partial charge in [-0.2, -0.15) is 0 Å². The highest BCUT2D eigenvalue weighted by Gasteiger charge is 2.22. The normalized spacial score (nSPS) is 10.4. The summed E-state index contributed by atoms with van der Waals surface area (Å²) in [5.74, 6) is -1.73. The van der Waals surface area contributed by atoms with Gasteiger partial charge in [0.2, 0.25) is 11.6 Å². The van der Waals surface area contributed by atoms with Crippen LogP contribution < -0.4 is 5.73 Å². The number of nitro benzene ring substituents is 1. The van der Waals surface area contributed by atoms with Crippen molar-refractivity contribution in [2.45, 2.75) is 0 Å². The molecule has 0 fully saturated rings. The molecule has 7 nitrogen and oxygen atoms in total. The predicted octanol–water partition coefficient (Wildman–Crippen LogP) is 1.68. The van der Waals surface area contributed by atoms with Crippen LogP contribution >= 0.6 is 0 Å². The van der Waals surface area contributed by atoms with Crippen LogP contribution in [0.15, 0.2) is 22.9 Å². The number of benzene rings is 1. The summed E-state index contributed by atoms with van der Waals surface area (Å²) in [6.45, 7) is 0. The Bertz CT molecular complexity index is 596. The summed E-state index contributed by atoms with van der Waals surface area (Å²) in [6, 6.07) is 1.52. The van der Waals surface area contributed by atoms with E-state index in [4.69, 9.17) is 5.73 Å². The van der Waals surface area contributed by atoms with E-state index >= 15 is 0 Å². The van der Waals surface area contributed by atoms with Gasteiger partial charge < -0.3 is 15.4 Å². The highest BCUT2D eigenvalue weighted by molar-refractivity contribution is 5.80. The molecule has 17 heavy (non-hydrogen) atoms. The number of halogens is 1. The zero-order valence-corrected chi connectivity index (χ0v) is 8.25. The second kappa shape index (κ2) is 3.74. The number of anilines is 1. The van der Waals surface area contributed by atoms with Crippen LogP contribution in [0.2, 0.25) is 0 Å². The number of rotatable bonds is 2. The van der Waals surface area contributed by atoms with Crippen LogP contribution in [-0.4, -0.2) is 15.2 Å². The van der Waals surface area contributed by atoms with Gasteiger partial charge in [0.15, 0.2) is 0 Å². The SMILES string of the molecule is Nc1oncc1-c1cc(F)cc([N+](=O)[O-])c1O. The Hall–Kier alpha value is -2.64. The molecule has 0 unspecified atom stereocenters. The van der Waals surface area contributed by atoms with Crippen LogP contribution in [0, 0.1) is 15.9 Å². The summed E-state index contributed by atoms with van der Waals surface area (Å²) >= 11 is 0. The van der Waals surface area contributed by atoms with Crippen LogP contribution in [0.3, 0.4) is 0 Å². The third-order valence-electron chi connectivity index (χ3n) is 2.14. The molecule has 1 aromatic carbocycles. The Balaban J connectivity index is 2.71. The van der Waals surface area contributed by atoms with Crippen LogP contribution in [0.5, 0.6) is 5.75 Å². The Labute approximate surface area is 93.4 Å². The average molecular weight is 239 g/mol. The molecule has 2 aromatic rings. The molecule has 1 heterocycles. The van der Waals surface area contributed by atoms with E-state index in [9.17, 15) is 19.6 Å². The molecule has 1 aromatic heterocycles. The molecule has 0 atom stereocenters. The van der Waals surface area contributed by atoms with Gasteiger partial charge in [-0.15, -0.1) is 0 Å². The summed E-state index contributed by atoms with van der Waals surface area (Å²) in [6.07, 6.45) is 1.13. The molecule has 0 spiro atoms. The van der Waals surface area contributed by atoms with Gasteiger partial charge in [0.25, 0.3) is 0 Å². The van der Waals surface area contributed by atoms with Crippen molar-refractivity contribution in [1.82, 2.24) is 5.16 Å². The van der Waals surface area contributed by atoms with Crippen molar-refractivity contribution >= 4 is 11.6 Å². The lowest BCUT2D eigenvalue weighted by molar-refractivity contribution is -0.386. The first-order chi connectivity index (χ1) is 8.00. The molecular formula is C9H6FN3O4. The lowest BCUT2D eigenvalue weighted by atomic mass is 10.1. The highest BCUT2D eigenvalue weighted by Crippen LogP contribution is 2.39. The van der Waals surface area contributed by atoms with Crippen molar-refractivity contribution in [2.24, 2.45) is 0 Å². The number of phenolic OH excluding ortho intramolecular Hbond substituents is 1. The van der Waals surface area contributed by atoms with Crippen molar-refractivity contribution in [3.05, 3.63) is 34.3 Å². The van der Waals surface area contributed by atoms with Crippen molar-refractivity contribution in [2.75, 3.05) is 5.73 Å². The molecule has 0 aliphatic carbocycles. The van der Waals surface area contributed by atoms with Gasteiger partial charge in [-0.1, -0.05) is 5.16 Å². The van der Waals surface area contributed by atoms with Crippen LogP contribution in [0.1, 0.15) is 0 Å². The zero-order valence-electron chi connectivity index (χ0n) is 8.25. The second-order valence-electron chi connectivity index (χ2n) is 3.18. The Morgan fingerprint density at radius 2 is 2.18 bits per heavy atom. The number of aromatic hydroxyl groups is 1. The van der Waals surface area contributed by atoms with E-state index < -0.39 is 22.2 Å². The van der Waals surface area contributed by atoms with Crippen LogP contribution in [0.4, 0.5) is 16.0 Å². The number of phenols is 1. The minimum absolute atomic E-state index is 0.0881. The number of nitrogen functional groups attached to an aromatic ring is 1. The molecule has 8 heteroatoms. The summed E-state index contributed by atoms with van der Waals surface area (Å²) < 4.78 is 17.7. The van der Waals surface area contributed by atoms with E-state index in [0.717, 1.165) is 12.3 Å². The number of nitro groups is 1. The molecule has 0 saturated heterocycles. The quantitative estimate of drug-likeness (QED) is 0.608. The van der Waals surface area contributed by atoms with E-state index in [1.165, 1.54) is 0 Å². The van der Waals surface area contributed by atoms with Gasteiger partial charge in [-0.25, -0.2) is 4.39 Å². The first-order valence-corrected chi connectivity index (χ1v) is 4.38. The smallest absolute Gasteiger partial charge is 0.314 e. The lowest BCUT2D eigenvalue weighted by Gasteiger charge is -2.03. The molecule has 3 N–H and O–H groups in total. The summed E-state index contributed by atoms with van der Waals surface area (Å²) in [4.78, 5) is 9.69. The van der Waals surface area contributed by atoms with Crippen LogP contribution in [-0.2, 0) is 0 Å². The monoisotopic (exact) mass is 239 g/mol. The molecule has 88 valence electrons. The fraction of sp³-hybridized carbons (Fsp3) is 0. The number of nitrogens with zero attached hydrogens (tertiary/aromatic N) is 2. The van der Waals surface area contributed by atoms with E-state index in [1.807, 2.05) is 0 Å². The minimum atomic E-state index is -0.897. The molecule has 0 bridgehead atoms. The van der Waals surface area contributed by atoms with Crippen LogP contribution in [0.25, 0.3) is 11.1 Å². The second-order valence-corrected chi connectivity index (χ2v) is 3.18. The Morgan fingerprint density at radius 1 is 1.47 bits per heavy atom. The third-order valence-corrected chi connectivity index (χ3v) is 2.14. The largest absolute Gasteiger partial charge is 0.502 e. The van der Waals surface area contributed by atoms with E-state index in [0.29, 0.717) is 6.07 Å². The van der Waals surface area contributed by atoms with Crippen molar-refractivity contribution in [3.8, 4) is 16.9 Å². The zero-order chi connectivity index (χ0) is 12.6. The fourth-order valence-electron chi connectivity index (χ4n) is 1.38. The minimum Gasteiger partial charge on any atom is -0.502 e. The maximum Gasteiger partial charge on any atom is 0.314 e. The van der Waals surface area contributed by atoms with Gasteiger partial charge in [0.05, 0.1) is 22.7 Å². The molecule has 0 radical (unpaired) electrons. The van der Waals surface area contributed by atoms with Gasteiger partial charge >= 0.3 is 5.69 Å². The van der Waals surface area contributed by atoms with E-state index in [1.54, 1.807) is 0 Å². The molecule has 0 aliphatic rings. The summed E-state index contributed by atoms with van der Waals surface area (Å²) in [7, 11) is 0. The Kier molecular flexibility index (Phi) is 2.39. The first kappa shape index (κ1) is 10.9. The third kappa shape index (κ3) is 1.75. The molecule has 0 saturated carbocycles. The predicted molar refractivity (Wildman–Crippen MR) is 54.6 cm³/mol. The van der Waals surface area contributed by atoms with Gasteiger partial charge in [0, 0.05) is 5.56 Å². The number of hydrogen-bond donors (Lipinski definition) is 2. The fourth-order valence-corrected chi connectivity index (χ4v) is 1.38. The van der Waals surface area contributed by atoms with Crippen molar-refractivity contribution in [3.63, 3.8) is 0 Å². The maximum atomic E-state index is 13.2.